The van der Waals surface area contributed by atoms with Crippen LogP contribution in [-0.2, 0) is 11.3 Å². The van der Waals surface area contributed by atoms with E-state index in [4.69, 9.17) is 4.42 Å². The Balaban J connectivity index is 1.65. The third kappa shape index (κ3) is 3.74. The van der Waals surface area contributed by atoms with Crippen LogP contribution in [0.3, 0.4) is 0 Å². The number of rotatable bonds is 6. The molecule has 2 N–H and O–H groups in total. The highest BCUT2D eigenvalue weighted by Crippen LogP contribution is 2.21. The summed E-state index contributed by atoms with van der Waals surface area (Å²) in [5.41, 5.74) is 1.84. The smallest absolute Gasteiger partial charge is 0.287 e. The molecule has 3 aromatic rings. The Morgan fingerprint density at radius 2 is 2.08 bits per heavy atom. The summed E-state index contributed by atoms with van der Waals surface area (Å²) in [5.74, 6) is -0.523. The van der Waals surface area contributed by atoms with Gasteiger partial charge in [0.2, 0.25) is 5.91 Å². The number of aryl methyl sites for hydroxylation is 1. The molecule has 0 aliphatic rings. The van der Waals surface area contributed by atoms with Crippen molar-refractivity contribution in [2.45, 2.75) is 32.9 Å². The minimum Gasteiger partial charge on any atom is -0.459 e. The van der Waals surface area contributed by atoms with Gasteiger partial charge in [-0.2, -0.15) is 0 Å². The predicted molar refractivity (Wildman–Crippen MR) is 96.5 cm³/mol. The molecule has 6 heteroatoms. The van der Waals surface area contributed by atoms with Crippen LogP contribution in [0.25, 0.3) is 10.9 Å². The number of carbonyl (C=O) groups excluding carboxylic acids is 2. The van der Waals surface area contributed by atoms with Gasteiger partial charge in [0.1, 0.15) is 6.04 Å². The summed E-state index contributed by atoms with van der Waals surface area (Å²) in [4.78, 5) is 24.2. The lowest BCUT2D eigenvalue weighted by Gasteiger charge is -2.13. The molecule has 0 spiro atoms. The number of carbonyl (C=O) groups is 2. The topological polar surface area (TPSA) is 76.3 Å². The van der Waals surface area contributed by atoms with Gasteiger partial charge in [0.05, 0.1) is 6.26 Å². The van der Waals surface area contributed by atoms with Gasteiger partial charge in [-0.15, -0.1) is 0 Å². The van der Waals surface area contributed by atoms with Gasteiger partial charge in [-0.3, -0.25) is 9.59 Å². The van der Waals surface area contributed by atoms with E-state index < -0.39 is 11.9 Å². The first kappa shape index (κ1) is 16.8. The summed E-state index contributed by atoms with van der Waals surface area (Å²) in [6, 6.07) is 10.3. The van der Waals surface area contributed by atoms with E-state index in [1.165, 1.54) is 6.26 Å². The maximum absolute atomic E-state index is 12.3. The van der Waals surface area contributed by atoms with E-state index in [1.807, 2.05) is 30.5 Å². The number of nitrogens with one attached hydrogen (secondary N) is 2. The number of aromatic nitrogens is 1. The second kappa shape index (κ2) is 7.25. The van der Waals surface area contributed by atoms with Gasteiger partial charge in [-0.25, -0.2) is 0 Å². The number of benzene rings is 1. The molecule has 0 aliphatic heterocycles. The Labute approximate surface area is 145 Å². The highest BCUT2D eigenvalue weighted by molar-refractivity contribution is 6.00. The molecule has 1 atom stereocenters. The number of nitrogens with zero attached hydrogens (tertiary/aromatic N) is 1. The molecular weight excluding hydrogens is 318 g/mol. The van der Waals surface area contributed by atoms with E-state index in [0.717, 1.165) is 23.9 Å². The monoisotopic (exact) mass is 339 g/mol. The van der Waals surface area contributed by atoms with Crippen molar-refractivity contribution in [3.63, 3.8) is 0 Å². The minimum absolute atomic E-state index is 0.179. The third-order valence-electron chi connectivity index (χ3n) is 3.99. The van der Waals surface area contributed by atoms with E-state index in [1.54, 1.807) is 19.1 Å². The largest absolute Gasteiger partial charge is 0.459 e. The van der Waals surface area contributed by atoms with E-state index in [-0.39, 0.29) is 11.7 Å². The normalized spacial score (nSPS) is 12.1. The highest BCUT2D eigenvalue weighted by Gasteiger charge is 2.18. The molecular formula is C19H21N3O3. The Kier molecular flexibility index (Phi) is 4.88. The lowest BCUT2D eigenvalue weighted by Crippen LogP contribution is -2.41. The first-order chi connectivity index (χ1) is 12.1. The Bertz CT molecular complexity index is 881. The molecule has 1 aromatic carbocycles. The van der Waals surface area contributed by atoms with Crippen LogP contribution < -0.4 is 10.6 Å². The van der Waals surface area contributed by atoms with E-state index >= 15 is 0 Å². The van der Waals surface area contributed by atoms with Crippen molar-refractivity contribution in [3.8, 4) is 0 Å². The van der Waals surface area contributed by atoms with Crippen molar-refractivity contribution in [1.82, 2.24) is 9.88 Å². The van der Waals surface area contributed by atoms with Crippen LogP contribution in [0.1, 0.15) is 30.8 Å². The molecule has 25 heavy (non-hydrogen) atoms. The van der Waals surface area contributed by atoms with Crippen LogP contribution in [0.2, 0.25) is 0 Å². The molecule has 0 saturated carbocycles. The van der Waals surface area contributed by atoms with Gasteiger partial charge in [0.25, 0.3) is 5.91 Å². The Hall–Kier alpha value is -3.02. The first-order valence-electron chi connectivity index (χ1n) is 8.32. The summed E-state index contributed by atoms with van der Waals surface area (Å²) >= 11 is 0. The molecule has 2 aromatic heterocycles. The molecule has 3 rings (SSSR count). The Morgan fingerprint density at radius 3 is 2.80 bits per heavy atom. The lowest BCUT2D eigenvalue weighted by atomic mass is 10.2. The number of fused-ring (bicyclic) bond motifs is 1. The van der Waals surface area contributed by atoms with Crippen LogP contribution in [0.5, 0.6) is 0 Å². The average Bonchev–Trinajstić information content (AvgIpc) is 3.25. The molecule has 0 bridgehead atoms. The zero-order valence-electron chi connectivity index (χ0n) is 14.3. The number of hydrogen-bond donors (Lipinski definition) is 2. The standard InChI is InChI=1S/C19H21N3O3/c1-3-9-22-10-8-14-12-15(6-7-16(14)22)21-18(23)13(2)20-19(24)17-5-4-11-25-17/h4-8,10-13H,3,9H2,1-2H3,(H,20,24)(H,21,23). The van der Waals surface area contributed by atoms with Crippen molar-refractivity contribution in [2.24, 2.45) is 0 Å². The van der Waals surface area contributed by atoms with Crippen molar-refractivity contribution in [2.75, 3.05) is 5.32 Å². The van der Waals surface area contributed by atoms with Crippen molar-refractivity contribution in [1.29, 1.82) is 0 Å². The third-order valence-corrected chi connectivity index (χ3v) is 3.99. The maximum Gasteiger partial charge on any atom is 0.287 e. The maximum atomic E-state index is 12.3. The fraction of sp³-hybridized carbons (Fsp3) is 0.263. The molecule has 6 nitrogen and oxygen atoms in total. The summed E-state index contributed by atoms with van der Waals surface area (Å²) in [6.45, 7) is 4.73. The zero-order chi connectivity index (χ0) is 17.8. The molecule has 0 saturated heterocycles. The van der Waals surface area contributed by atoms with Crippen LogP contribution in [0, 0.1) is 0 Å². The predicted octanol–water partition coefficient (Wildman–Crippen LogP) is 3.40. The molecule has 2 amide bonds. The number of hydrogen-bond acceptors (Lipinski definition) is 3. The van der Waals surface area contributed by atoms with Gasteiger partial charge in [-0.05, 0) is 49.7 Å². The van der Waals surface area contributed by atoms with Crippen LogP contribution in [-0.4, -0.2) is 22.4 Å². The van der Waals surface area contributed by atoms with Gasteiger partial charge in [0.15, 0.2) is 5.76 Å². The van der Waals surface area contributed by atoms with Crippen LogP contribution in [0.4, 0.5) is 5.69 Å². The van der Waals surface area contributed by atoms with Crippen LogP contribution in [0.15, 0.2) is 53.3 Å². The van der Waals surface area contributed by atoms with E-state index in [0.29, 0.717) is 5.69 Å². The molecule has 0 fully saturated rings. The summed E-state index contributed by atoms with van der Waals surface area (Å²) in [7, 11) is 0. The SMILES string of the molecule is CCCn1ccc2cc(NC(=O)C(C)NC(=O)c3ccco3)ccc21. The number of amides is 2. The van der Waals surface area contributed by atoms with E-state index in [9.17, 15) is 9.59 Å². The van der Waals surface area contributed by atoms with E-state index in [2.05, 4.69) is 22.1 Å². The fourth-order valence-corrected chi connectivity index (χ4v) is 2.71. The van der Waals surface area contributed by atoms with Gasteiger partial charge >= 0.3 is 0 Å². The van der Waals surface area contributed by atoms with Crippen molar-refractivity contribution < 1.29 is 14.0 Å². The van der Waals surface area contributed by atoms with Gasteiger partial charge in [-0.1, -0.05) is 6.92 Å². The quantitative estimate of drug-likeness (QED) is 0.722. The first-order valence-corrected chi connectivity index (χ1v) is 8.32. The number of furan rings is 1. The van der Waals surface area contributed by atoms with Crippen molar-refractivity contribution in [3.05, 3.63) is 54.6 Å². The lowest BCUT2D eigenvalue weighted by molar-refractivity contribution is -0.117. The van der Waals surface area contributed by atoms with Crippen LogP contribution >= 0.6 is 0 Å². The second-order valence-electron chi connectivity index (χ2n) is 5.94. The molecule has 0 radical (unpaired) electrons. The fourth-order valence-electron chi connectivity index (χ4n) is 2.71. The van der Waals surface area contributed by atoms with Gasteiger partial charge in [0, 0.05) is 29.3 Å². The average molecular weight is 339 g/mol. The molecule has 1 unspecified atom stereocenters. The zero-order valence-corrected chi connectivity index (χ0v) is 14.3. The van der Waals surface area contributed by atoms with Gasteiger partial charge < -0.3 is 19.6 Å². The molecule has 2 heterocycles. The summed E-state index contributed by atoms with van der Waals surface area (Å²) < 4.78 is 7.21. The Morgan fingerprint density at radius 1 is 1.24 bits per heavy atom. The molecule has 0 aliphatic carbocycles. The molecule has 130 valence electrons. The minimum atomic E-state index is -0.682. The second-order valence-corrected chi connectivity index (χ2v) is 5.94. The number of anilines is 1. The van der Waals surface area contributed by atoms with Crippen molar-refractivity contribution >= 4 is 28.4 Å². The summed E-state index contributed by atoms with van der Waals surface area (Å²) in [5, 5.41) is 6.51. The highest BCUT2D eigenvalue weighted by atomic mass is 16.3. The summed E-state index contributed by atoms with van der Waals surface area (Å²) in [6.07, 6.45) is 4.53.